The van der Waals surface area contributed by atoms with Crippen LogP contribution >= 0.6 is 11.3 Å². The lowest BCUT2D eigenvalue weighted by Crippen LogP contribution is -2.15. The minimum Gasteiger partial charge on any atom is -0.454 e. The first-order chi connectivity index (χ1) is 12.5. The molecule has 26 heavy (non-hydrogen) atoms. The topological polar surface area (TPSA) is 55.4 Å². The number of Topliss-reactive ketones (excluding diaryl/α,β-unsaturated/α-hetero) is 1. The van der Waals surface area contributed by atoms with Gasteiger partial charge in [0.1, 0.15) is 0 Å². The minimum atomic E-state index is -0.526. The lowest BCUT2D eigenvalue weighted by atomic mass is 10.1. The summed E-state index contributed by atoms with van der Waals surface area (Å²) in [4.78, 5) is 26.8. The molecule has 0 saturated heterocycles. The number of anilines is 2. The molecule has 0 spiro atoms. The van der Waals surface area contributed by atoms with Crippen molar-refractivity contribution in [1.82, 2.24) is 0 Å². The number of aryl methyl sites for hydroxylation is 2. The van der Waals surface area contributed by atoms with Crippen LogP contribution in [0, 0.1) is 13.8 Å². The number of esters is 1. The highest BCUT2D eigenvalue weighted by Crippen LogP contribution is 2.23. The normalized spacial score (nSPS) is 10.4. The lowest BCUT2D eigenvalue weighted by molar-refractivity contribution is 0.0475. The van der Waals surface area contributed by atoms with Gasteiger partial charge in [0.15, 0.2) is 6.61 Å². The van der Waals surface area contributed by atoms with E-state index in [1.54, 1.807) is 29.5 Å². The van der Waals surface area contributed by atoms with Crippen LogP contribution < -0.4 is 5.32 Å². The predicted molar refractivity (Wildman–Crippen MR) is 105 cm³/mol. The number of hydrogen-bond donors (Lipinski definition) is 1. The van der Waals surface area contributed by atoms with Crippen LogP contribution in [0.3, 0.4) is 0 Å². The molecule has 3 aromatic rings. The first-order valence-corrected chi connectivity index (χ1v) is 9.04. The van der Waals surface area contributed by atoms with Gasteiger partial charge >= 0.3 is 5.97 Å². The Hall–Kier alpha value is -2.92. The maximum Gasteiger partial charge on any atom is 0.340 e. The number of ketones is 1. The summed E-state index contributed by atoms with van der Waals surface area (Å²) in [6.07, 6.45) is 0. The van der Waals surface area contributed by atoms with Crippen LogP contribution in [0.15, 0.2) is 60.7 Å². The van der Waals surface area contributed by atoms with Crippen molar-refractivity contribution in [3.05, 3.63) is 81.5 Å². The fourth-order valence-corrected chi connectivity index (χ4v) is 3.58. The van der Waals surface area contributed by atoms with Gasteiger partial charge in [0.05, 0.1) is 11.3 Å². The molecule has 0 saturated carbocycles. The molecule has 5 heteroatoms. The highest BCUT2D eigenvalue weighted by molar-refractivity contribution is 7.12. The first-order valence-electron chi connectivity index (χ1n) is 8.23. The summed E-state index contributed by atoms with van der Waals surface area (Å²) >= 11 is 1.56. The molecule has 1 heterocycles. The smallest absolute Gasteiger partial charge is 0.340 e. The predicted octanol–water partition coefficient (Wildman–Crippen LogP) is 5.15. The number of thiophene rings is 1. The maximum absolute atomic E-state index is 12.5. The van der Waals surface area contributed by atoms with Crippen molar-refractivity contribution in [3.8, 4) is 0 Å². The van der Waals surface area contributed by atoms with Crippen molar-refractivity contribution in [1.29, 1.82) is 0 Å². The third-order valence-electron chi connectivity index (χ3n) is 3.88. The summed E-state index contributed by atoms with van der Waals surface area (Å²) in [6, 6.07) is 18.5. The second-order valence-electron chi connectivity index (χ2n) is 5.86. The monoisotopic (exact) mass is 365 g/mol. The van der Waals surface area contributed by atoms with E-state index in [1.807, 2.05) is 56.3 Å². The van der Waals surface area contributed by atoms with Gasteiger partial charge in [-0.05, 0) is 44.2 Å². The molecule has 2 aromatic carbocycles. The van der Waals surface area contributed by atoms with Crippen molar-refractivity contribution in [2.45, 2.75) is 13.8 Å². The molecule has 1 aromatic heterocycles. The van der Waals surface area contributed by atoms with Crippen LogP contribution in [0.2, 0.25) is 0 Å². The van der Waals surface area contributed by atoms with Gasteiger partial charge in [0.2, 0.25) is 5.78 Å². The van der Waals surface area contributed by atoms with Crippen molar-refractivity contribution < 1.29 is 14.3 Å². The molecule has 0 amide bonds. The number of benzene rings is 2. The summed E-state index contributed by atoms with van der Waals surface area (Å²) in [5.41, 5.74) is 2.52. The van der Waals surface area contributed by atoms with Crippen molar-refractivity contribution >= 4 is 34.5 Å². The average molecular weight is 365 g/mol. The van der Waals surface area contributed by atoms with Crippen molar-refractivity contribution in [2.24, 2.45) is 0 Å². The molecule has 0 aliphatic heterocycles. The van der Waals surface area contributed by atoms with Gasteiger partial charge in [-0.2, -0.15) is 0 Å². The van der Waals surface area contributed by atoms with E-state index in [0.717, 1.165) is 15.4 Å². The average Bonchev–Trinajstić information content (AvgIpc) is 2.99. The zero-order chi connectivity index (χ0) is 18.5. The van der Waals surface area contributed by atoms with Crippen LogP contribution in [0.4, 0.5) is 11.4 Å². The molecule has 4 nitrogen and oxygen atoms in total. The van der Waals surface area contributed by atoms with Gasteiger partial charge in [0, 0.05) is 21.0 Å². The molecule has 0 atom stereocenters. The summed E-state index contributed by atoms with van der Waals surface area (Å²) in [7, 11) is 0. The molecular weight excluding hydrogens is 346 g/mol. The van der Waals surface area contributed by atoms with Gasteiger partial charge in [-0.1, -0.05) is 30.3 Å². The number of para-hydroxylation sites is 2. The second-order valence-corrected chi connectivity index (χ2v) is 7.32. The van der Waals surface area contributed by atoms with Gasteiger partial charge in [-0.15, -0.1) is 11.3 Å². The van der Waals surface area contributed by atoms with E-state index in [2.05, 4.69) is 5.32 Å². The van der Waals surface area contributed by atoms with Crippen molar-refractivity contribution in [3.63, 3.8) is 0 Å². The van der Waals surface area contributed by atoms with Crippen molar-refractivity contribution in [2.75, 3.05) is 11.9 Å². The summed E-state index contributed by atoms with van der Waals surface area (Å²) in [5, 5.41) is 3.20. The fraction of sp³-hybridized carbons (Fsp3) is 0.143. The quantitative estimate of drug-likeness (QED) is 0.485. The Morgan fingerprint density at radius 1 is 0.962 bits per heavy atom. The Morgan fingerprint density at radius 3 is 2.35 bits per heavy atom. The molecule has 1 N–H and O–H groups in total. The Morgan fingerprint density at radius 2 is 1.65 bits per heavy atom. The van der Waals surface area contributed by atoms with Gasteiger partial charge in [0.25, 0.3) is 0 Å². The molecule has 0 aliphatic rings. The molecule has 0 aliphatic carbocycles. The van der Waals surface area contributed by atoms with Gasteiger partial charge in [-0.25, -0.2) is 4.79 Å². The number of hydrogen-bond acceptors (Lipinski definition) is 5. The molecule has 3 rings (SSSR count). The second kappa shape index (κ2) is 7.97. The molecular formula is C21H19NO3S. The van der Waals surface area contributed by atoms with Gasteiger partial charge in [-0.3, -0.25) is 4.79 Å². The molecule has 0 radical (unpaired) electrons. The zero-order valence-corrected chi connectivity index (χ0v) is 15.4. The Kier molecular flexibility index (Phi) is 5.49. The van der Waals surface area contributed by atoms with E-state index in [4.69, 9.17) is 4.74 Å². The lowest BCUT2D eigenvalue weighted by Gasteiger charge is -2.11. The SMILES string of the molecule is Cc1cc(C(=O)COC(=O)c2ccccc2Nc2ccccc2)c(C)s1. The van der Waals surface area contributed by atoms with E-state index in [1.165, 1.54) is 0 Å². The Labute approximate surface area is 156 Å². The van der Waals surface area contributed by atoms with Gasteiger partial charge < -0.3 is 10.1 Å². The van der Waals surface area contributed by atoms with E-state index in [9.17, 15) is 9.59 Å². The number of rotatable bonds is 6. The Bertz CT molecular complexity index is 931. The third kappa shape index (κ3) is 4.18. The first kappa shape index (κ1) is 17.9. The molecule has 0 bridgehead atoms. The number of nitrogens with one attached hydrogen (secondary N) is 1. The molecule has 0 unspecified atom stereocenters. The summed E-state index contributed by atoms with van der Waals surface area (Å²) in [6.45, 7) is 3.58. The highest BCUT2D eigenvalue weighted by atomic mass is 32.1. The van der Waals surface area contributed by atoms with E-state index in [0.29, 0.717) is 16.8 Å². The van der Waals surface area contributed by atoms with Crippen LogP contribution in [-0.2, 0) is 4.74 Å². The van der Waals surface area contributed by atoms with Crippen LogP contribution in [0.5, 0.6) is 0 Å². The summed E-state index contributed by atoms with van der Waals surface area (Å²) in [5.74, 6) is -0.712. The van der Waals surface area contributed by atoms with E-state index < -0.39 is 5.97 Å². The zero-order valence-electron chi connectivity index (χ0n) is 14.6. The largest absolute Gasteiger partial charge is 0.454 e. The number of ether oxygens (including phenoxy) is 1. The minimum absolute atomic E-state index is 0.186. The van der Waals surface area contributed by atoms with Crippen LogP contribution in [0.25, 0.3) is 0 Å². The highest BCUT2D eigenvalue weighted by Gasteiger charge is 2.17. The van der Waals surface area contributed by atoms with E-state index in [-0.39, 0.29) is 12.4 Å². The van der Waals surface area contributed by atoms with Crippen LogP contribution in [-0.4, -0.2) is 18.4 Å². The molecule has 0 fully saturated rings. The van der Waals surface area contributed by atoms with E-state index >= 15 is 0 Å². The summed E-state index contributed by atoms with van der Waals surface area (Å²) < 4.78 is 5.26. The number of carbonyl (C=O) groups excluding carboxylic acids is 2. The fourth-order valence-electron chi connectivity index (χ4n) is 2.64. The maximum atomic E-state index is 12.5. The number of carbonyl (C=O) groups is 2. The van der Waals surface area contributed by atoms with Crippen LogP contribution in [0.1, 0.15) is 30.5 Å². The third-order valence-corrected chi connectivity index (χ3v) is 4.84. The molecule has 132 valence electrons. The Balaban J connectivity index is 1.70. The standard InChI is InChI=1S/C21H19NO3S/c1-14-12-18(15(2)26-14)20(23)13-25-21(24)17-10-6-7-11-19(17)22-16-8-4-3-5-9-16/h3-12,22H,13H2,1-2H3.